The van der Waals surface area contributed by atoms with Crippen molar-refractivity contribution in [3.63, 3.8) is 0 Å². The van der Waals surface area contributed by atoms with Crippen LogP contribution in [0.1, 0.15) is 224 Å². The summed E-state index contributed by atoms with van der Waals surface area (Å²) in [5, 5.41) is 0. The quantitative estimate of drug-likeness (QED) is 0.0633. The standard InChI is InChI=1S/C41H71NO5/c1-5-9-13-17-21-25-29-34-33-36(40(44)46-31-27-23-19-15-11-7-3)35(30-26-22-18-14-10-6-2)38(39(42)43)37(34)41(45)47-32-28-24-20-16-12-8-4/h33H,5-32H2,1-4H3,(H2,42,43). The molecule has 47 heavy (non-hydrogen) atoms. The molecule has 0 aliphatic heterocycles. The largest absolute Gasteiger partial charge is 0.462 e. The third kappa shape index (κ3) is 18.7. The van der Waals surface area contributed by atoms with Gasteiger partial charge < -0.3 is 15.2 Å². The second-order valence-corrected chi connectivity index (χ2v) is 13.5. The van der Waals surface area contributed by atoms with Crippen LogP contribution in [0.2, 0.25) is 0 Å². The predicted molar refractivity (Wildman–Crippen MR) is 196 cm³/mol. The van der Waals surface area contributed by atoms with Crippen molar-refractivity contribution < 1.29 is 23.9 Å². The SMILES string of the molecule is CCCCCCCCOC(=O)c1cc(CCCCCCCC)c(C(=O)OCCCCCCCC)c(C(N)=O)c1CCCCCCCC. The van der Waals surface area contributed by atoms with Crippen molar-refractivity contribution in [2.45, 2.75) is 195 Å². The van der Waals surface area contributed by atoms with Gasteiger partial charge >= 0.3 is 11.9 Å². The average Bonchev–Trinajstić information content (AvgIpc) is 3.06. The van der Waals surface area contributed by atoms with E-state index in [0.717, 1.165) is 77.0 Å². The van der Waals surface area contributed by atoms with E-state index in [0.29, 0.717) is 42.7 Å². The molecule has 0 unspecified atom stereocenters. The zero-order chi connectivity index (χ0) is 34.5. The molecule has 0 atom stereocenters. The Balaban J connectivity index is 3.34. The van der Waals surface area contributed by atoms with Gasteiger partial charge in [0.05, 0.1) is 29.9 Å². The summed E-state index contributed by atoms with van der Waals surface area (Å²) in [7, 11) is 0. The van der Waals surface area contributed by atoms with E-state index in [1.54, 1.807) is 0 Å². The molecule has 0 fully saturated rings. The van der Waals surface area contributed by atoms with Crippen LogP contribution >= 0.6 is 0 Å². The van der Waals surface area contributed by atoms with E-state index in [2.05, 4.69) is 27.7 Å². The minimum atomic E-state index is -0.674. The van der Waals surface area contributed by atoms with E-state index in [1.807, 2.05) is 6.07 Å². The highest BCUT2D eigenvalue weighted by atomic mass is 16.5. The van der Waals surface area contributed by atoms with Crippen LogP contribution in [0.4, 0.5) is 0 Å². The van der Waals surface area contributed by atoms with Crippen molar-refractivity contribution in [3.05, 3.63) is 33.9 Å². The van der Waals surface area contributed by atoms with Gasteiger partial charge in [0, 0.05) is 0 Å². The van der Waals surface area contributed by atoms with Crippen LogP contribution in [-0.4, -0.2) is 31.1 Å². The molecule has 0 aliphatic rings. The molecule has 0 bridgehead atoms. The molecule has 1 rings (SSSR count). The van der Waals surface area contributed by atoms with Crippen molar-refractivity contribution in [1.82, 2.24) is 0 Å². The number of hydrogen-bond acceptors (Lipinski definition) is 5. The molecule has 270 valence electrons. The number of rotatable bonds is 31. The number of amides is 1. The summed E-state index contributed by atoms with van der Waals surface area (Å²) in [5.41, 5.74) is 8.14. The molecule has 0 radical (unpaired) electrons. The Labute approximate surface area is 288 Å². The smallest absolute Gasteiger partial charge is 0.339 e. The molecule has 0 aromatic heterocycles. The maximum Gasteiger partial charge on any atom is 0.339 e. The Bertz CT molecular complexity index is 989. The Morgan fingerprint density at radius 3 is 1.32 bits per heavy atom. The van der Waals surface area contributed by atoms with Gasteiger partial charge in [0.2, 0.25) is 5.91 Å². The van der Waals surface area contributed by atoms with Crippen molar-refractivity contribution in [3.8, 4) is 0 Å². The maximum atomic E-state index is 13.8. The number of hydrogen-bond donors (Lipinski definition) is 1. The Morgan fingerprint density at radius 2 is 0.872 bits per heavy atom. The molecule has 0 aliphatic carbocycles. The first kappa shape index (κ1) is 42.7. The number of nitrogens with two attached hydrogens (primary N) is 1. The number of carbonyl (C=O) groups is 3. The number of esters is 2. The first-order valence-electron chi connectivity index (χ1n) is 19.7. The summed E-state index contributed by atoms with van der Waals surface area (Å²) in [4.78, 5) is 40.6. The van der Waals surface area contributed by atoms with Crippen LogP contribution < -0.4 is 5.73 Å². The molecule has 0 saturated heterocycles. The zero-order valence-corrected chi connectivity index (χ0v) is 31.0. The lowest BCUT2D eigenvalue weighted by molar-refractivity contribution is 0.0479. The average molecular weight is 658 g/mol. The molecule has 0 heterocycles. The fraction of sp³-hybridized carbons (Fsp3) is 0.780. The highest BCUT2D eigenvalue weighted by Crippen LogP contribution is 2.29. The molecular formula is C41H71NO5. The summed E-state index contributed by atoms with van der Waals surface area (Å²) in [6.07, 6.45) is 27.2. The molecule has 1 aromatic rings. The van der Waals surface area contributed by atoms with E-state index >= 15 is 0 Å². The lowest BCUT2D eigenvalue weighted by Crippen LogP contribution is -2.25. The Kier molecular flexibility index (Phi) is 26.0. The van der Waals surface area contributed by atoms with Crippen LogP contribution in [0.25, 0.3) is 0 Å². The summed E-state index contributed by atoms with van der Waals surface area (Å²) in [5.74, 6) is -1.59. The molecule has 0 saturated carbocycles. The Hall–Kier alpha value is -2.37. The van der Waals surface area contributed by atoms with Crippen molar-refractivity contribution >= 4 is 17.8 Å². The van der Waals surface area contributed by atoms with Crippen molar-refractivity contribution in [1.29, 1.82) is 0 Å². The summed E-state index contributed by atoms with van der Waals surface area (Å²) in [6, 6.07) is 1.83. The number of unbranched alkanes of at least 4 members (excludes halogenated alkanes) is 20. The second-order valence-electron chi connectivity index (χ2n) is 13.5. The molecule has 6 nitrogen and oxygen atoms in total. The Morgan fingerprint density at radius 1 is 0.489 bits per heavy atom. The number of ether oxygens (including phenoxy) is 2. The van der Waals surface area contributed by atoms with Crippen LogP contribution in [0.15, 0.2) is 6.07 Å². The van der Waals surface area contributed by atoms with Gasteiger partial charge in [0.25, 0.3) is 0 Å². The van der Waals surface area contributed by atoms with E-state index in [1.165, 1.54) is 77.0 Å². The van der Waals surface area contributed by atoms with Gasteiger partial charge in [-0.15, -0.1) is 0 Å². The molecule has 2 N–H and O–H groups in total. The van der Waals surface area contributed by atoms with E-state index in [-0.39, 0.29) is 11.1 Å². The van der Waals surface area contributed by atoms with Crippen LogP contribution in [0.5, 0.6) is 0 Å². The van der Waals surface area contributed by atoms with Gasteiger partial charge in [-0.05, 0) is 55.7 Å². The number of primary amides is 1. The number of carbonyl (C=O) groups excluding carboxylic acids is 3. The minimum absolute atomic E-state index is 0.168. The van der Waals surface area contributed by atoms with Gasteiger partial charge in [0.15, 0.2) is 0 Å². The molecule has 0 spiro atoms. The summed E-state index contributed by atoms with van der Waals surface area (Å²) < 4.78 is 11.6. The monoisotopic (exact) mass is 658 g/mol. The predicted octanol–water partition coefficient (Wildman–Crippen LogP) is 11.6. The highest BCUT2D eigenvalue weighted by Gasteiger charge is 2.29. The minimum Gasteiger partial charge on any atom is -0.462 e. The van der Waals surface area contributed by atoms with Gasteiger partial charge in [-0.1, -0.05) is 156 Å². The highest BCUT2D eigenvalue weighted by molar-refractivity contribution is 6.09. The van der Waals surface area contributed by atoms with Gasteiger partial charge in [-0.3, -0.25) is 4.79 Å². The number of aryl methyl sites for hydroxylation is 1. The first-order chi connectivity index (χ1) is 22.9. The third-order valence-corrected chi connectivity index (χ3v) is 9.23. The van der Waals surface area contributed by atoms with Gasteiger partial charge in [-0.2, -0.15) is 0 Å². The first-order valence-corrected chi connectivity index (χ1v) is 19.7. The zero-order valence-electron chi connectivity index (χ0n) is 31.0. The van der Waals surface area contributed by atoms with Gasteiger partial charge in [-0.25, -0.2) is 9.59 Å². The summed E-state index contributed by atoms with van der Waals surface area (Å²) >= 11 is 0. The van der Waals surface area contributed by atoms with Crippen molar-refractivity contribution in [2.24, 2.45) is 5.73 Å². The lowest BCUT2D eigenvalue weighted by Gasteiger charge is -2.20. The third-order valence-electron chi connectivity index (χ3n) is 9.23. The lowest BCUT2D eigenvalue weighted by atomic mass is 9.86. The maximum absolute atomic E-state index is 13.8. The molecule has 1 amide bonds. The van der Waals surface area contributed by atoms with Crippen LogP contribution in [0, 0.1) is 0 Å². The van der Waals surface area contributed by atoms with E-state index in [9.17, 15) is 14.4 Å². The fourth-order valence-corrected chi connectivity index (χ4v) is 6.35. The second kappa shape index (κ2) is 28.6. The topological polar surface area (TPSA) is 95.7 Å². The van der Waals surface area contributed by atoms with Crippen molar-refractivity contribution in [2.75, 3.05) is 13.2 Å². The fourth-order valence-electron chi connectivity index (χ4n) is 6.35. The molecule has 6 heteroatoms. The van der Waals surface area contributed by atoms with E-state index in [4.69, 9.17) is 15.2 Å². The van der Waals surface area contributed by atoms with Crippen LogP contribution in [0.3, 0.4) is 0 Å². The molecule has 1 aromatic carbocycles. The summed E-state index contributed by atoms with van der Waals surface area (Å²) in [6.45, 7) is 9.46. The van der Waals surface area contributed by atoms with E-state index < -0.39 is 17.8 Å². The normalized spacial score (nSPS) is 11.1. The van der Waals surface area contributed by atoms with Gasteiger partial charge in [0.1, 0.15) is 0 Å². The molecular weight excluding hydrogens is 586 g/mol. The number of benzene rings is 1. The van der Waals surface area contributed by atoms with Crippen LogP contribution in [-0.2, 0) is 22.3 Å².